The van der Waals surface area contributed by atoms with Crippen molar-refractivity contribution in [1.82, 2.24) is 15.4 Å². The van der Waals surface area contributed by atoms with E-state index in [1.165, 1.54) is 6.26 Å². The molecule has 2 atom stereocenters. The Morgan fingerprint density at radius 2 is 2.12 bits per heavy atom. The number of hydrogen-bond acceptors (Lipinski definition) is 7. The predicted octanol–water partition coefficient (Wildman–Crippen LogP) is 3.15. The van der Waals surface area contributed by atoms with Crippen LogP contribution in [0.2, 0.25) is 0 Å². The highest BCUT2D eigenvalue weighted by Crippen LogP contribution is 2.37. The Morgan fingerprint density at radius 3 is 2.73 bits per heavy atom. The maximum absolute atomic E-state index is 12.0. The molecule has 33 heavy (non-hydrogen) atoms. The number of carboxylic acids is 1. The predicted molar refractivity (Wildman–Crippen MR) is 107 cm³/mol. The van der Waals surface area contributed by atoms with E-state index >= 15 is 0 Å². The fraction of sp³-hybridized carbons (Fsp3) is 0.571. The average Bonchev–Trinajstić information content (AvgIpc) is 3.49. The van der Waals surface area contributed by atoms with Gasteiger partial charge in [0.15, 0.2) is 5.76 Å². The monoisotopic (exact) mass is 473 g/mol. The van der Waals surface area contributed by atoms with Crippen LogP contribution in [0.3, 0.4) is 0 Å². The van der Waals surface area contributed by atoms with E-state index in [0.717, 1.165) is 56.8 Å². The molecular weight excluding hydrogens is 447 g/mol. The number of aryl methyl sites for hydroxylation is 1. The molecule has 2 saturated heterocycles. The van der Waals surface area contributed by atoms with Gasteiger partial charge >= 0.3 is 12.1 Å². The third-order valence-electron chi connectivity index (χ3n) is 5.51. The molecule has 9 nitrogen and oxygen atoms in total. The molecule has 2 aliphatic heterocycles. The Balaban J connectivity index is 0.000000383. The fourth-order valence-electron chi connectivity index (χ4n) is 4.05. The number of aliphatic carboxylic acids is 1. The second-order valence-electron chi connectivity index (χ2n) is 8.19. The lowest BCUT2D eigenvalue weighted by molar-refractivity contribution is -0.192. The first-order chi connectivity index (χ1) is 15.6. The molecule has 4 heterocycles. The minimum atomic E-state index is -5.08. The number of halogens is 3. The van der Waals surface area contributed by atoms with Crippen LogP contribution in [0.4, 0.5) is 13.2 Å². The van der Waals surface area contributed by atoms with Crippen molar-refractivity contribution in [3.63, 3.8) is 0 Å². The van der Waals surface area contributed by atoms with Crippen molar-refractivity contribution in [2.24, 2.45) is 0 Å². The van der Waals surface area contributed by atoms with Gasteiger partial charge in [0.1, 0.15) is 5.76 Å². The van der Waals surface area contributed by atoms with Crippen molar-refractivity contribution in [2.45, 2.75) is 57.0 Å². The van der Waals surface area contributed by atoms with Crippen molar-refractivity contribution in [2.75, 3.05) is 19.6 Å². The van der Waals surface area contributed by atoms with Crippen LogP contribution in [0.5, 0.6) is 0 Å². The maximum atomic E-state index is 12.0. The van der Waals surface area contributed by atoms with Gasteiger partial charge in [-0.2, -0.15) is 13.2 Å². The molecule has 182 valence electrons. The summed E-state index contributed by atoms with van der Waals surface area (Å²) in [5, 5.41) is 14.1. The van der Waals surface area contributed by atoms with E-state index in [0.29, 0.717) is 12.3 Å². The second kappa shape index (κ2) is 10.4. The van der Waals surface area contributed by atoms with Gasteiger partial charge in [-0.3, -0.25) is 9.69 Å². The Bertz CT molecular complexity index is 930. The molecule has 0 aliphatic carbocycles. The number of likely N-dealkylation sites (tertiary alicyclic amines) is 1. The Labute approximate surface area is 187 Å². The first-order valence-electron chi connectivity index (χ1n) is 10.5. The fourth-order valence-corrected chi connectivity index (χ4v) is 4.05. The van der Waals surface area contributed by atoms with Gasteiger partial charge in [-0.1, -0.05) is 5.16 Å². The number of furan rings is 1. The normalized spacial score (nSPS) is 23.2. The molecule has 2 aromatic heterocycles. The molecule has 2 fully saturated rings. The Morgan fingerprint density at radius 1 is 1.36 bits per heavy atom. The molecule has 0 aromatic carbocycles. The van der Waals surface area contributed by atoms with Crippen molar-refractivity contribution in [3.05, 3.63) is 41.7 Å². The van der Waals surface area contributed by atoms with E-state index in [1.54, 1.807) is 12.1 Å². The number of aromatic nitrogens is 1. The summed E-state index contributed by atoms with van der Waals surface area (Å²) in [4.78, 5) is 23.3. The van der Waals surface area contributed by atoms with E-state index in [1.807, 2.05) is 13.0 Å². The molecule has 0 unspecified atom stereocenters. The number of ether oxygens (including phenoxy) is 1. The highest BCUT2D eigenvalue weighted by atomic mass is 19.4. The van der Waals surface area contributed by atoms with Gasteiger partial charge in [-0.15, -0.1) is 0 Å². The summed E-state index contributed by atoms with van der Waals surface area (Å²) in [5.74, 6) is -1.76. The number of nitrogens with one attached hydrogen (secondary N) is 1. The summed E-state index contributed by atoms with van der Waals surface area (Å²) in [6.07, 6.45) is 0.666. The van der Waals surface area contributed by atoms with Gasteiger partial charge < -0.3 is 24.1 Å². The number of hydrogen-bond donors (Lipinski definition) is 2. The number of carbonyl (C=O) groups is 2. The molecule has 2 aromatic rings. The SMILES string of the molecule is Cc1cc(CN2CC[C@]3(CCC[C@@H](CNC(=O)c4ccco4)O3)C2)no1.O=C(O)C(F)(F)F. The molecule has 12 heteroatoms. The largest absolute Gasteiger partial charge is 0.490 e. The molecule has 0 radical (unpaired) electrons. The van der Waals surface area contributed by atoms with Crippen LogP contribution in [0, 0.1) is 6.92 Å². The van der Waals surface area contributed by atoms with Gasteiger partial charge in [0.2, 0.25) is 0 Å². The van der Waals surface area contributed by atoms with Gasteiger partial charge in [-0.05, 0) is 44.7 Å². The number of alkyl halides is 3. The number of nitrogens with zero attached hydrogens (tertiary/aromatic N) is 2. The molecule has 1 spiro atoms. The van der Waals surface area contributed by atoms with Crippen LogP contribution >= 0.6 is 0 Å². The Hall–Kier alpha value is -2.86. The molecule has 2 N–H and O–H groups in total. The summed E-state index contributed by atoms with van der Waals surface area (Å²) in [6.45, 7) is 5.12. The molecule has 0 saturated carbocycles. The van der Waals surface area contributed by atoms with Crippen LogP contribution < -0.4 is 5.32 Å². The van der Waals surface area contributed by atoms with Crippen LogP contribution in [0.15, 0.2) is 33.4 Å². The quantitative estimate of drug-likeness (QED) is 0.680. The first-order valence-corrected chi connectivity index (χ1v) is 10.5. The summed E-state index contributed by atoms with van der Waals surface area (Å²) in [6, 6.07) is 5.36. The van der Waals surface area contributed by atoms with Crippen LogP contribution in [0.25, 0.3) is 0 Å². The number of rotatable bonds is 5. The Kier molecular flexibility index (Phi) is 7.80. The lowest BCUT2D eigenvalue weighted by Gasteiger charge is -2.38. The molecule has 4 rings (SSSR count). The third-order valence-corrected chi connectivity index (χ3v) is 5.51. The second-order valence-corrected chi connectivity index (χ2v) is 8.19. The topological polar surface area (TPSA) is 118 Å². The van der Waals surface area contributed by atoms with Crippen LogP contribution in [-0.4, -0.2) is 64.6 Å². The van der Waals surface area contributed by atoms with Gasteiger partial charge in [-0.25, -0.2) is 4.79 Å². The van der Waals surface area contributed by atoms with E-state index in [2.05, 4.69) is 15.4 Å². The van der Waals surface area contributed by atoms with E-state index in [9.17, 15) is 18.0 Å². The van der Waals surface area contributed by atoms with Gasteiger partial charge in [0.05, 0.1) is 23.7 Å². The van der Waals surface area contributed by atoms with Crippen molar-refractivity contribution in [1.29, 1.82) is 0 Å². The summed E-state index contributed by atoms with van der Waals surface area (Å²) >= 11 is 0. The van der Waals surface area contributed by atoms with Gasteiger partial charge in [0.25, 0.3) is 5.91 Å². The first kappa shape index (κ1) is 24.8. The van der Waals surface area contributed by atoms with Crippen LogP contribution in [-0.2, 0) is 16.1 Å². The van der Waals surface area contributed by atoms with E-state index in [4.69, 9.17) is 23.6 Å². The summed E-state index contributed by atoms with van der Waals surface area (Å²) < 4.78 is 48.5. The van der Waals surface area contributed by atoms with Crippen molar-refractivity contribution < 1.29 is 41.5 Å². The standard InChI is InChI=1S/C19H25N3O4.C2HF3O2/c1-14-10-15(21-26-14)12-22-8-7-19(13-22)6-2-4-16(25-19)11-20-18(23)17-5-3-9-24-17;3-2(4,5)1(6)7/h3,5,9-10,16H,2,4,6-8,11-13H2,1H3,(H,20,23);(H,6,7)/t16-,19+;/m0./s1. The lowest BCUT2D eigenvalue weighted by Crippen LogP contribution is -2.46. The average molecular weight is 473 g/mol. The van der Waals surface area contributed by atoms with Crippen molar-refractivity contribution >= 4 is 11.9 Å². The minimum absolute atomic E-state index is 0.0527. The molecule has 0 bridgehead atoms. The number of carboxylic acid groups (broad SMARTS) is 1. The lowest BCUT2D eigenvalue weighted by atomic mass is 9.90. The zero-order valence-corrected chi connectivity index (χ0v) is 18.1. The zero-order chi connectivity index (χ0) is 24.1. The van der Waals surface area contributed by atoms with Gasteiger partial charge in [0, 0.05) is 32.2 Å². The number of amides is 1. The highest BCUT2D eigenvalue weighted by molar-refractivity contribution is 5.91. The van der Waals surface area contributed by atoms with Crippen LogP contribution in [0.1, 0.15) is 47.7 Å². The summed E-state index contributed by atoms with van der Waals surface area (Å²) in [5.41, 5.74) is 0.870. The van der Waals surface area contributed by atoms with Crippen molar-refractivity contribution in [3.8, 4) is 0 Å². The van der Waals surface area contributed by atoms with E-state index < -0.39 is 12.1 Å². The molecular formula is C21H26F3N3O6. The summed E-state index contributed by atoms with van der Waals surface area (Å²) in [7, 11) is 0. The minimum Gasteiger partial charge on any atom is -0.475 e. The number of carbonyl (C=O) groups excluding carboxylic acids is 1. The third kappa shape index (κ3) is 7.06. The smallest absolute Gasteiger partial charge is 0.475 e. The highest BCUT2D eigenvalue weighted by Gasteiger charge is 2.43. The molecule has 2 aliphatic rings. The zero-order valence-electron chi connectivity index (χ0n) is 18.1. The maximum Gasteiger partial charge on any atom is 0.490 e. The molecule has 1 amide bonds. The van der Waals surface area contributed by atoms with E-state index in [-0.39, 0.29) is 17.6 Å².